The molecule has 3 aromatic rings. The van der Waals surface area contributed by atoms with Gasteiger partial charge >= 0.3 is 0 Å². The summed E-state index contributed by atoms with van der Waals surface area (Å²) in [5, 5.41) is 6.90. The molecule has 1 aliphatic rings. The quantitative estimate of drug-likeness (QED) is 0.438. The van der Waals surface area contributed by atoms with Gasteiger partial charge in [-0.25, -0.2) is 4.98 Å². The second-order valence-corrected chi connectivity index (χ2v) is 7.74. The molecule has 0 unspecified atom stereocenters. The number of nitrogens with two attached hydrogens (primary N) is 2. The van der Waals surface area contributed by atoms with E-state index in [2.05, 4.69) is 22.5 Å². The van der Waals surface area contributed by atoms with Crippen molar-refractivity contribution in [3.05, 3.63) is 30.1 Å². The van der Waals surface area contributed by atoms with E-state index in [0.717, 1.165) is 49.0 Å². The fourth-order valence-electron chi connectivity index (χ4n) is 3.91. The van der Waals surface area contributed by atoms with Gasteiger partial charge in [0.05, 0.1) is 19.1 Å². The second kappa shape index (κ2) is 8.74. The van der Waals surface area contributed by atoms with E-state index in [-0.39, 0.29) is 0 Å². The number of rotatable bonds is 7. The van der Waals surface area contributed by atoms with Crippen molar-refractivity contribution in [3.8, 4) is 5.75 Å². The lowest BCUT2D eigenvalue weighted by Crippen LogP contribution is -2.33. The fraction of sp³-hybridized carbons (Fsp3) is 0.476. The predicted molar refractivity (Wildman–Crippen MR) is 120 cm³/mol. The van der Waals surface area contributed by atoms with Crippen molar-refractivity contribution in [2.24, 2.45) is 5.73 Å². The Morgan fingerprint density at radius 2 is 2.00 bits per heavy atom. The maximum Gasteiger partial charge on any atom is 0.227 e. The van der Waals surface area contributed by atoms with E-state index in [1.165, 1.54) is 0 Å². The number of aryl methyl sites for hydroxylation is 1. The standard InChI is InChI=1S/C21H30N8O/c1-3-29-12-25-18-19(24-11-13-5-4-6-16(30-2)17(13)23)27-21(28-20(18)29)26-15-9-7-14(22)8-10-15/h4-6,12,14-15H,3,7-11,22-23H2,1-2H3,(H2,24,26,27,28). The van der Waals surface area contributed by atoms with Crippen molar-refractivity contribution < 1.29 is 4.74 Å². The number of fused-ring (bicyclic) bond motifs is 1. The fourth-order valence-corrected chi connectivity index (χ4v) is 3.91. The van der Waals surface area contributed by atoms with Gasteiger partial charge in [0.15, 0.2) is 17.0 Å². The Hall–Kier alpha value is -3.07. The van der Waals surface area contributed by atoms with E-state index in [9.17, 15) is 0 Å². The summed E-state index contributed by atoms with van der Waals surface area (Å²) in [6.07, 6.45) is 5.89. The Bertz CT molecular complexity index is 1010. The number of aromatic nitrogens is 4. The molecular weight excluding hydrogens is 380 g/mol. The minimum atomic E-state index is 0.304. The van der Waals surface area contributed by atoms with Gasteiger partial charge in [-0.2, -0.15) is 9.97 Å². The van der Waals surface area contributed by atoms with E-state index < -0.39 is 0 Å². The number of hydrogen-bond acceptors (Lipinski definition) is 8. The van der Waals surface area contributed by atoms with Gasteiger partial charge in [-0.3, -0.25) is 0 Å². The third-order valence-corrected chi connectivity index (χ3v) is 5.73. The average Bonchev–Trinajstić information content (AvgIpc) is 3.17. The van der Waals surface area contributed by atoms with Crippen molar-refractivity contribution >= 4 is 28.6 Å². The first-order valence-electron chi connectivity index (χ1n) is 10.5. The van der Waals surface area contributed by atoms with Crippen LogP contribution in [0, 0.1) is 0 Å². The minimum absolute atomic E-state index is 0.304. The first kappa shape index (κ1) is 20.2. The summed E-state index contributed by atoms with van der Waals surface area (Å²) in [4.78, 5) is 14.0. The molecule has 1 fully saturated rings. The van der Waals surface area contributed by atoms with Gasteiger partial charge in [0.25, 0.3) is 0 Å². The van der Waals surface area contributed by atoms with Crippen molar-refractivity contribution in [1.29, 1.82) is 0 Å². The number of ether oxygens (including phenoxy) is 1. The van der Waals surface area contributed by atoms with Crippen LogP contribution in [0.5, 0.6) is 5.75 Å². The van der Waals surface area contributed by atoms with Gasteiger partial charge in [-0.1, -0.05) is 12.1 Å². The lowest BCUT2D eigenvalue weighted by molar-refractivity contribution is 0.410. The Morgan fingerprint density at radius 3 is 2.73 bits per heavy atom. The molecule has 1 aromatic carbocycles. The number of imidazole rings is 1. The molecule has 160 valence electrons. The number of nitrogen functional groups attached to an aromatic ring is 1. The first-order valence-corrected chi connectivity index (χ1v) is 10.5. The Labute approximate surface area is 176 Å². The summed E-state index contributed by atoms with van der Waals surface area (Å²) in [5.41, 5.74) is 15.4. The maximum absolute atomic E-state index is 6.22. The zero-order valence-electron chi connectivity index (χ0n) is 17.6. The van der Waals surface area contributed by atoms with Crippen LogP contribution < -0.4 is 26.8 Å². The molecule has 0 saturated heterocycles. The summed E-state index contributed by atoms with van der Waals surface area (Å²) in [7, 11) is 1.62. The Morgan fingerprint density at radius 1 is 1.20 bits per heavy atom. The summed E-state index contributed by atoms with van der Waals surface area (Å²) in [5.74, 6) is 1.96. The van der Waals surface area contributed by atoms with Gasteiger partial charge < -0.3 is 31.4 Å². The number of para-hydroxylation sites is 1. The summed E-state index contributed by atoms with van der Waals surface area (Å²) in [6.45, 7) is 3.36. The monoisotopic (exact) mass is 410 g/mol. The van der Waals surface area contributed by atoms with Crippen molar-refractivity contribution in [2.45, 2.75) is 57.8 Å². The summed E-state index contributed by atoms with van der Waals surface area (Å²) >= 11 is 0. The van der Waals surface area contributed by atoms with Crippen LogP contribution in [0.15, 0.2) is 24.5 Å². The lowest BCUT2D eigenvalue weighted by Gasteiger charge is -2.26. The minimum Gasteiger partial charge on any atom is -0.495 e. The maximum atomic E-state index is 6.22. The van der Waals surface area contributed by atoms with Crippen LogP contribution >= 0.6 is 0 Å². The first-order chi connectivity index (χ1) is 14.6. The van der Waals surface area contributed by atoms with Crippen molar-refractivity contribution in [1.82, 2.24) is 19.5 Å². The molecule has 0 aliphatic heterocycles. The van der Waals surface area contributed by atoms with Crippen LogP contribution in [0.4, 0.5) is 17.5 Å². The Balaban J connectivity index is 1.60. The van der Waals surface area contributed by atoms with Gasteiger partial charge in [0.2, 0.25) is 5.95 Å². The Kier molecular flexibility index (Phi) is 5.89. The van der Waals surface area contributed by atoms with Gasteiger partial charge in [0.1, 0.15) is 5.75 Å². The van der Waals surface area contributed by atoms with E-state index in [1.807, 2.05) is 22.8 Å². The van der Waals surface area contributed by atoms with E-state index >= 15 is 0 Å². The van der Waals surface area contributed by atoms with Crippen LogP contribution in [0.2, 0.25) is 0 Å². The van der Waals surface area contributed by atoms with E-state index in [0.29, 0.717) is 41.8 Å². The third kappa shape index (κ3) is 4.11. The molecule has 30 heavy (non-hydrogen) atoms. The molecule has 6 N–H and O–H groups in total. The molecule has 9 nitrogen and oxygen atoms in total. The zero-order valence-corrected chi connectivity index (χ0v) is 17.6. The van der Waals surface area contributed by atoms with Crippen molar-refractivity contribution in [3.63, 3.8) is 0 Å². The molecule has 0 spiro atoms. The zero-order chi connectivity index (χ0) is 21.1. The van der Waals surface area contributed by atoms with Crippen molar-refractivity contribution in [2.75, 3.05) is 23.5 Å². The van der Waals surface area contributed by atoms with Gasteiger partial charge in [-0.05, 0) is 44.2 Å². The smallest absolute Gasteiger partial charge is 0.227 e. The highest BCUT2D eigenvalue weighted by Gasteiger charge is 2.20. The molecule has 1 saturated carbocycles. The number of anilines is 3. The van der Waals surface area contributed by atoms with Crippen LogP contribution in [0.25, 0.3) is 11.2 Å². The molecule has 9 heteroatoms. The van der Waals surface area contributed by atoms with Crippen LogP contribution in [-0.2, 0) is 13.1 Å². The molecular formula is C21H30N8O. The predicted octanol–water partition coefficient (Wildman–Crippen LogP) is 2.73. The molecule has 0 amide bonds. The highest BCUT2D eigenvalue weighted by molar-refractivity contribution is 5.84. The SMILES string of the molecule is CCn1cnc2c(NCc3cccc(OC)c3N)nc(NC3CCC(N)CC3)nc21. The molecule has 2 aromatic heterocycles. The molecule has 0 atom stereocenters. The highest BCUT2D eigenvalue weighted by Crippen LogP contribution is 2.27. The van der Waals surface area contributed by atoms with Gasteiger partial charge in [-0.15, -0.1) is 0 Å². The topological polar surface area (TPSA) is 129 Å². The molecule has 1 aliphatic carbocycles. The van der Waals surface area contributed by atoms with Crippen LogP contribution in [-0.4, -0.2) is 38.7 Å². The average molecular weight is 411 g/mol. The molecule has 0 bridgehead atoms. The lowest BCUT2D eigenvalue weighted by atomic mass is 9.92. The summed E-state index contributed by atoms with van der Waals surface area (Å²) < 4.78 is 7.34. The molecule has 4 rings (SSSR count). The van der Waals surface area contributed by atoms with E-state index in [4.69, 9.17) is 26.2 Å². The third-order valence-electron chi connectivity index (χ3n) is 5.73. The number of methoxy groups -OCH3 is 1. The van der Waals surface area contributed by atoms with Gasteiger partial charge in [0, 0.05) is 25.2 Å². The molecule has 2 heterocycles. The number of benzene rings is 1. The van der Waals surface area contributed by atoms with E-state index in [1.54, 1.807) is 13.4 Å². The van der Waals surface area contributed by atoms with Crippen LogP contribution in [0.3, 0.4) is 0 Å². The number of nitrogens with zero attached hydrogens (tertiary/aromatic N) is 4. The number of hydrogen-bond donors (Lipinski definition) is 4. The number of nitrogens with one attached hydrogen (secondary N) is 2. The largest absolute Gasteiger partial charge is 0.495 e. The van der Waals surface area contributed by atoms with Crippen LogP contribution in [0.1, 0.15) is 38.2 Å². The normalized spacial score (nSPS) is 19.0. The molecule has 0 radical (unpaired) electrons. The summed E-state index contributed by atoms with van der Waals surface area (Å²) in [6, 6.07) is 6.38. The highest BCUT2D eigenvalue weighted by atomic mass is 16.5. The second-order valence-electron chi connectivity index (χ2n) is 7.74.